The summed E-state index contributed by atoms with van der Waals surface area (Å²) in [6.07, 6.45) is 0. The minimum atomic E-state index is 0.853. The Morgan fingerprint density at radius 3 is 2.86 bits per heavy atom. The lowest BCUT2D eigenvalue weighted by molar-refractivity contribution is -0.930. The Morgan fingerprint density at radius 1 is 1.57 bits per heavy atom. The van der Waals surface area contributed by atoms with Crippen LogP contribution >= 0.6 is 23.6 Å². The van der Waals surface area contributed by atoms with Crippen molar-refractivity contribution in [3.63, 3.8) is 0 Å². The zero-order valence-corrected chi connectivity index (χ0v) is 9.79. The van der Waals surface area contributed by atoms with Gasteiger partial charge in [0.05, 0.1) is 13.2 Å². The van der Waals surface area contributed by atoms with Gasteiger partial charge in [0.2, 0.25) is 0 Å². The number of nitrogens with one attached hydrogen (secondary N) is 1. The minimum Gasteiger partial charge on any atom is -0.370 e. The predicted molar refractivity (Wildman–Crippen MR) is 57.2 cm³/mol. The molecule has 0 amide bonds. The van der Waals surface area contributed by atoms with Gasteiger partial charge in [0, 0.05) is 0 Å². The van der Waals surface area contributed by atoms with E-state index in [1.54, 1.807) is 11.3 Å². The number of nitrogens with zero attached hydrogens (tertiary/aromatic N) is 2. The average Bonchev–Trinajstić information content (AvgIpc) is 2.47. The molecular weight excluding hydrogens is 218 g/mol. The van der Waals surface area contributed by atoms with Crippen molar-refractivity contribution in [3.8, 4) is 0 Å². The summed E-state index contributed by atoms with van der Waals surface area (Å²) >= 11 is 6.80. The number of hydrogen-bond acceptors (Lipinski definition) is 4. The van der Waals surface area contributed by atoms with Crippen LogP contribution in [0.2, 0.25) is 0 Å². The molecule has 1 N–H and O–H groups in total. The van der Waals surface area contributed by atoms with E-state index >= 15 is 0 Å². The molecule has 1 aromatic heterocycles. The number of morpholine rings is 1. The summed E-state index contributed by atoms with van der Waals surface area (Å²) in [5, 5.41) is 5.42. The lowest BCUT2D eigenvalue weighted by Crippen LogP contribution is -3.13. The molecule has 0 saturated carbocycles. The van der Waals surface area contributed by atoms with Crippen LogP contribution in [-0.4, -0.2) is 36.1 Å². The summed E-state index contributed by atoms with van der Waals surface area (Å²) in [5.41, 5.74) is 0. The fourth-order valence-corrected chi connectivity index (χ4v) is 2.61. The summed E-state index contributed by atoms with van der Waals surface area (Å²) in [6.45, 7) is 6.69. The lowest BCUT2D eigenvalue weighted by atomic mass is 10.4. The van der Waals surface area contributed by atoms with Crippen molar-refractivity contribution in [2.24, 2.45) is 0 Å². The van der Waals surface area contributed by atoms with Gasteiger partial charge in [0.1, 0.15) is 18.1 Å². The Balaban J connectivity index is 2.02. The van der Waals surface area contributed by atoms with E-state index in [0.29, 0.717) is 0 Å². The third kappa shape index (κ3) is 2.38. The Kier molecular flexibility index (Phi) is 3.27. The van der Waals surface area contributed by atoms with Gasteiger partial charge >= 0.3 is 0 Å². The van der Waals surface area contributed by atoms with Crippen LogP contribution in [0.25, 0.3) is 0 Å². The Bertz CT molecular complexity index is 354. The van der Waals surface area contributed by atoms with Crippen molar-refractivity contribution in [3.05, 3.63) is 8.96 Å². The summed E-state index contributed by atoms with van der Waals surface area (Å²) < 4.78 is 8.10. The van der Waals surface area contributed by atoms with Crippen LogP contribution in [-0.2, 0) is 11.4 Å². The highest BCUT2D eigenvalue weighted by atomic mass is 32.1. The van der Waals surface area contributed by atoms with Crippen molar-refractivity contribution < 1.29 is 9.64 Å². The molecule has 0 atom stereocenters. The van der Waals surface area contributed by atoms with Crippen molar-refractivity contribution in [2.45, 2.75) is 13.6 Å². The molecule has 0 aliphatic carbocycles. The van der Waals surface area contributed by atoms with E-state index in [1.807, 2.05) is 11.6 Å². The Labute approximate surface area is 92.1 Å². The quantitative estimate of drug-likeness (QED) is 0.720. The molecule has 0 bridgehead atoms. The van der Waals surface area contributed by atoms with Crippen LogP contribution < -0.4 is 4.90 Å². The number of ether oxygens (including phenoxy) is 1. The first kappa shape index (κ1) is 10.2. The van der Waals surface area contributed by atoms with E-state index in [4.69, 9.17) is 17.0 Å². The molecule has 2 heterocycles. The molecule has 0 spiro atoms. The van der Waals surface area contributed by atoms with Crippen LogP contribution in [0.1, 0.15) is 5.01 Å². The molecule has 1 aliphatic rings. The summed E-state index contributed by atoms with van der Waals surface area (Å²) in [5.74, 6) is 0. The van der Waals surface area contributed by atoms with Gasteiger partial charge in [-0.05, 0) is 19.1 Å². The molecule has 4 nitrogen and oxygen atoms in total. The highest BCUT2D eigenvalue weighted by Gasteiger charge is 2.15. The number of hydrogen-bond donors (Lipinski definition) is 1. The van der Waals surface area contributed by atoms with Gasteiger partial charge < -0.3 is 9.64 Å². The van der Waals surface area contributed by atoms with Gasteiger partial charge in [-0.15, -0.1) is 0 Å². The highest BCUT2D eigenvalue weighted by Crippen LogP contribution is 2.04. The molecule has 1 saturated heterocycles. The summed E-state index contributed by atoms with van der Waals surface area (Å²) in [4.78, 5) is 1.50. The normalized spacial score (nSPS) is 18.6. The second kappa shape index (κ2) is 4.48. The SMILES string of the molecule is Cc1nn(C[NH+]2CCOCC2)c(=S)s1. The van der Waals surface area contributed by atoms with Gasteiger partial charge in [0.15, 0.2) is 10.6 Å². The first-order chi connectivity index (χ1) is 6.75. The van der Waals surface area contributed by atoms with Gasteiger partial charge in [-0.3, -0.25) is 0 Å². The second-order valence-corrected chi connectivity index (χ2v) is 5.23. The zero-order chi connectivity index (χ0) is 9.97. The van der Waals surface area contributed by atoms with Crippen molar-refractivity contribution in [2.75, 3.05) is 26.3 Å². The van der Waals surface area contributed by atoms with Crippen LogP contribution in [0, 0.1) is 10.9 Å². The van der Waals surface area contributed by atoms with E-state index in [9.17, 15) is 0 Å². The molecule has 0 unspecified atom stereocenters. The molecule has 78 valence electrons. The van der Waals surface area contributed by atoms with Crippen LogP contribution in [0.4, 0.5) is 0 Å². The third-order valence-corrected chi connectivity index (χ3v) is 3.50. The molecule has 2 rings (SSSR count). The molecule has 0 radical (unpaired) electrons. The highest BCUT2D eigenvalue weighted by molar-refractivity contribution is 7.73. The van der Waals surface area contributed by atoms with Crippen LogP contribution in [0.5, 0.6) is 0 Å². The first-order valence-electron chi connectivity index (χ1n) is 4.71. The monoisotopic (exact) mass is 232 g/mol. The van der Waals surface area contributed by atoms with Gasteiger partial charge in [0.25, 0.3) is 0 Å². The lowest BCUT2D eigenvalue weighted by Gasteiger charge is -2.23. The Morgan fingerprint density at radius 2 is 2.29 bits per heavy atom. The molecule has 1 aliphatic heterocycles. The van der Waals surface area contributed by atoms with Gasteiger partial charge in [-0.1, -0.05) is 11.3 Å². The first-order valence-corrected chi connectivity index (χ1v) is 5.94. The number of quaternary nitrogens is 1. The summed E-state index contributed by atoms with van der Waals surface area (Å²) in [6, 6.07) is 0. The van der Waals surface area contributed by atoms with Crippen molar-refractivity contribution in [1.29, 1.82) is 0 Å². The van der Waals surface area contributed by atoms with E-state index in [2.05, 4.69) is 5.10 Å². The molecule has 6 heteroatoms. The number of aromatic nitrogens is 2. The number of aryl methyl sites for hydroxylation is 1. The van der Waals surface area contributed by atoms with Crippen LogP contribution in [0.3, 0.4) is 0 Å². The number of rotatable bonds is 2. The standard InChI is InChI=1S/C8H13N3OS2/c1-7-9-11(8(13)14-7)6-10-2-4-12-5-3-10/h2-6H2,1H3/p+1. The van der Waals surface area contributed by atoms with Gasteiger partial charge in [-0.2, -0.15) is 9.78 Å². The van der Waals surface area contributed by atoms with Crippen LogP contribution in [0.15, 0.2) is 0 Å². The topological polar surface area (TPSA) is 31.5 Å². The fourth-order valence-electron chi connectivity index (χ4n) is 1.54. The molecule has 1 fully saturated rings. The van der Waals surface area contributed by atoms with E-state index in [-0.39, 0.29) is 0 Å². The van der Waals surface area contributed by atoms with E-state index in [0.717, 1.165) is 41.9 Å². The maximum absolute atomic E-state index is 5.30. The van der Waals surface area contributed by atoms with E-state index < -0.39 is 0 Å². The van der Waals surface area contributed by atoms with E-state index in [1.165, 1.54) is 4.90 Å². The summed E-state index contributed by atoms with van der Waals surface area (Å²) in [7, 11) is 0. The van der Waals surface area contributed by atoms with Gasteiger partial charge in [-0.25, -0.2) is 0 Å². The maximum Gasteiger partial charge on any atom is 0.184 e. The smallest absolute Gasteiger partial charge is 0.184 e. The zero-order valence-electron chi connectivity index (χ0n) is 8.15. The van der Waals surface area contributed by atoms with Crippen molar-refractivity contribution >= 4 is 23.6 Å². The minimum absolute atomic E-state index is 0.853. The molecule has 0 aromatic carbocycles. The van der Waals surface area contributed by atoms with Crippen molar-refractivity contribution in [1.82, 2.24) is 9.78 Å². The Hall–Kier alpha value is -0.300. The molecule has 14 heavy (non-hydrogen) atoms. The molecule has 1 aromatic rings. The fraction of sp³-hybridized carbons (Fsp3) is 0.750. The second-order valence-electron chi connectivity index (χ2n) is 3.41. The third-order valence-electron chi connectivity index (χ3n) is 2.28. The average molecular weight is 232 g/mol. The largest absolute Gasteiger partial charge is 0.370 e. The predicted octanol–water partition coefficient (Wildman–Crippen LogP) is -0.145. The molecular formula is C8H14N3OS2+. The maximum atomic E-state index is 5.30.